The molecule has 3 rings (SSSR count). The lowest BCUT2D eigenvalue weighted by molar-refractivity contribution is -0.157. The summed E-state index contributed by atoms with van der Waals surface area (Å²) < 4.78 is 41.2. The van der Waals surface area contributed by atoms with Crippen molar-refractivity contribution in [3.63, 3.8) is 0 Å². The first kappa shape index (κ1) is 22.4. The van der Waals surface area contributed by atoms with E-state index in [-0.39, 0.29) is 24.0 Å². The summed E-state index contributed by atoms with van der Waals surface area (Å²) in [6, 6.07) is 8.19. The average molecular weight is 460 g/mol. The van der Waals surface area contributed by atoms with Gasteiger partial charge in [-0.15, -0.1) is 0 Å². The van der Waals surface area contributed by atoms with E-state index in [1.54, 1.807) is 31.2 Å². The topological polar surface area (TPSA) is 61.4 Å². The van der Waals surface area contributed by atoms with Gasteiger partial charge in [0.25, 0.3) is 0 Å². The number of nitrogens with zero attached hydrogens (tertiary/aromatic N) is 1. The second-order valence-electron chi connectivity index (χ2n) is 6.87. The molecule has 2 N–H and O–H groups in total. The van der Waals surface area contributed by atoms with Gasteiger partial charge in [-0.3, -0.25) is 14.5 Å². The number of benzene rings is 2. The minimum atomic E-state index is -4.78. The highest BCUT2D eigenvalue weighted by atomic mass is 35.5. The van der Waals surface area contributed by atoms with Crippen molar-refractivity contribution in [2.45, 2.75) is 31.6 Å². The summed E-state index contributed by atoms with van der Waals surface area (Å²) in [6.45, 7) is 1.37. The number of carbonyl (C=O) groups is 2. The molecule has 10 heteroatoms. The molecule has 2 aromatic rings. The number of para-hydroxylation sites is 2. The van der Waals surface area contributed by atoms with E-state index in [1.807, 2.05) is 0 Å². The Balaban J connectivity index is 1.85. The maximum Gasteiger partial charge on any atom is 0.409 e. The zero-order valence-electron chi connectivity index (χ0n) is 15.8. The third kappa shape index (κ3) is 4.88. The van der Waals surface area contributed by atoms with Crippen LogP contribution >= 0.6 is 23.2 Å². The molecular formula is C20H18Cl2F3N3O2. The van der Waals surface area contributed by atoms with Crippen molar-refractivity contribution in [1.82, 2.24) is 5.32 Å². The number of rotatable bonds is 4. The van der Waals surface area contributed by atoms with E-state index in [9.17, 15) is 22.8 Å². The van der Waals surface area contributed by atoms with Gasteiger partial charge in [0.05, 0.1) is 34.4 Å². The van der Waals surface area contributed by atoms with Crippen LogP contribution in [0.5, 0.6) is 0 Å². The van der Waals surface area contributed by atoms with Gasteiger partial charge >= 0.3 is 6.18 Å². The van der Waals surface area contributed by atoms with E-state index < -0.39 is 30.5 Å². The number of anilines is 2. The molecule has 2 atom stereocenters. The number of fused-ring (bicyclic) bond motifs is 1. The second kappa shape index (κ2) is 8.83. The minimum absolute atomic E-state index is 0.000310. The summed E-state index contributed by atoms with van der Waals surface area (Å²) in [5, 5.41) is 6.04. The highest BCUT2D eigenvalue weighted by Crippen LogP contribution is 2.37. The summed E-state index contributed by atoms with van der Waals surface area (Å²) in [6.07, 6.45) is -5.66. The van der Waals surface area contributed by atoms with Gasteiger partial charge < -0.3 is 10.6 Å². The summed E-state index contributed by atoms with van der Waals surface area (Å²) in [7, 11) is 0. The predicted molar refractivity (Wildman–Crippen MR) is 110 cm³/mol. The van der Waals surface area contributed by atoms with Crippen LogP contribution in [0.15, 0.2) is 42.5 Å². The Morgan fingerprint density at radius 1 is 1.23 bits per heavy atom. The van der Waals surface area contributed by atoms with Crippen molar-refractivity contribution >= 4 is 46.4 Å². The van der Waals surface area contributed by atoms with Crippen molar-refractivity contribution < 1.29 is 22.8 Å². The third-order valence-electron chi connectivity index (χ3n) is 4.78. The lowest BCUT2D eigenvalue weighted by Crippen LogP contribution is -2.52. The predicted octanol–water partition coefficient (Wildman–Crippen LogP) is 4.95. The largest absolute Gasteiger partial charge is 0.409 e. The zero-order chi connectivity index (χ0) is 22.1. The summed E-state index contributed by atoms with van der Waals surface area (Å²) in [5.41, 5.74) is 0.873. The molecular weight excluding hydrogens is 442 g/mol. The molecule has 0 fully saturated rings. The maximum atomic E-state index is 13.7. The standard InChI is InChI=1S/C20H18Cl2F3N3O2/c1-11(12-6-7-13(21)14(22)8-12)26-10-19(30)28-16-5-3-2-4-15(16)27-18(29)9-17(28)20(23,24)25/h2-8,11,17,26H,9-10H2,1H3,(H,27,29)/t11-,17+/m1/s1. The summed E-state index contributed by atoms with van der Waals surface area (Å²) in [4.78, 5) is 25.5. The Kier molecular flexibility index (Phi) is 6.59. The van der Waals surface area contributed by atoms with Gasteiger partial charge in [-0.1, -0.05) is 41.4 Å². The van der Waals surface area contributed by atoms with Crippen LogP contribution in [0.2, 0.25) is 10.0 Å². The fourth-order valence-electron chi connectivity index (χ4n) is 3.22. The Morgan fingerprint density at radius 2 is 1.93 bits per heavy atom. The van der Waals surface area contributed by atoms with Gasteiger partial charge in [0, 0.05) is 6.04 Å². The van der Waals surface area contributed by atoms with E-state index in [2.05, 4.69) is 10.6 Å². The molecule has 0 unspecified atom stereocenters. The lowest BCUT2D eigenvalue weighted by atomic mass is 10.1. The third-order valence-corrected chi connectivity index (χ3v) is 5.52. The molecule has 160 valence electrons. The lowest BCUT2D eigenvalue weighted by Gasteiger charge is -2.32. The highest BCUT2D eigenvalue weighted by Gasteiger charge is 2.48. The van der Waals surface area contributed by atoms with Gasteiger partial charge in [0.15, 0.2) is 0 Å². The number of hydrogen-bond donors (Lipinski definition) is 2. The van der Waals surface area contributed by atoms with Crippen LogP contribution in [-0.4, -0.2) is 30.6 Å². The van der Waals surface area contributed by atoms with Crippen LogP contribution < -0.4 is 15.5 Å². The van der Waals surface area contributed by atoms with Crippen molar-refractivity contribution in [3.8, 4) is 0 Å². The van der Waals surface area contributed by atoms with Gasteiger partial charge in [0.2, 0.25) is 11.8 Å². The number of nitrogens with one attached hydrogen (secondary N) is 2. The van der Waals surface area contributed by atoms with Crippen molar-refractivity contribution in [3.05, 3.63) is 58.1 Å². The molecule has 0 aromatic heterocycles. The SMILES string of the molecule is C[C@@H](NCC(=O)N1c2ccccc2NC(=O)C[C@H]1C(F)(F)F)c1ccc(Cl)c(Cl)c1. The smallest absolute Gasteiger partial charge is 0.324 e. The van der Waals surface area contributed by atoms with E-state index >= 15 is 0 Å². The first-order valence-electron chi connectivity index (χ1n) is 9.04. The van der Waals surface area contributed by atoms with Gasteiger partial charge in [-0.05, 0) is 36.8 Å². The molecule has 1 heterocycles. The molecule has 30 heavy (non-hydrogen) atoms. The number of alkyl halides is 3. The molecule has 2 aromatic carbocycles. The van der Waals surface area contributed by atoms with Crippen molar-refractivity contribution in [2.24, 2.45) is 0 Å². The van der Waals surface area contributed by atoms with Gasteiger partial charge in [-0.25, -0.2) is 0 Å². The molecule has 1 aliphatic rings. The Hall–Kier alpha value is -2.29. The van der Waals surface area contributed by atoms with Crippen LogP contribution in [0.3, 0.4) is 0 Å². The van der Waals surface area contributed by atoms with Crippen LogP contribution in [0, 0.1) is 0 Å². The second-order valence-corrected chi connectivity index (χ2v) is 7.68. The van der Waals surface area contributed by atoms with E-state index in [4.69, 9.17) is 23.2 Å². The van der Waals surface area contributed by atoms with E-state index in [0.717, 1.165) is 5.56 Å². The molecule has 0 saturated heterocycles. The maximum absolute atomic E-state index is 13.7. The fraction of sp³-hybridized carbons (Fsp3) is 0.300. The van der Waals surface area contributed by atoms with Crippen molar-refractivity contribution in [2.75, 3.05) is 16.8 Å². The molecule has 0 spiro atoms. The number of amides is 2. The number of hydrogen-bond acceptors (Lipinski definition) is 3. The normalized spacial score (nSPS) is 17.7. The number of carbonyl (C=O) groups excluding carboxylic acids is 2. The summed E-state index contributed by atoms with van der Waals surface area (Å²) in [5.74, 6) is -1.62. The van der Waals surface area contributed by atoms with Crippen LogP contribution in [0.4, 0.5) is 24.5 Å². The molecule has 0 radical (unpaired) electrons. The highest BCUT2D eigenvalue weighted by molar-refractivity contribution is 6.42. The van der Waals surface area contributed by atoms with E-state index in [1.165, 1.54) is 18.2 Å². The van der Waals surface area contributed by atoms with E-state index in [0.29, 0.717) is 14.9 Å². The molecule has 2 amide bonds. The monoisotopic (exact) mass is 459 g/mol. The molecule has 0 saturated carbocycles. The first-order valence-corrected chi connectivity index (χ1v) is 9.79. The minimum Gasteiger partial charge on any atom is -0.324 e. The Bertz CT molecular complexity index is 969. The Morgan fingerprint density at radius 3 is 2.60 bits per heavy atom. The first-order chi connectivity index (χ1) is 14.1. The van der Waals surface area contributed by atoms with Crippen LogP contribution in [0.25, 0.3) is 0 Å². The Labute approximate surface area is 181 Å². The molecule has 0 aliphatic carbocycles. The van der Waals surface area contributed by atoms with Crippen LogP contribution in [0.1, 0.15) is 24.9 Å². The number of halogens is 5. The van der Waals surface area contributed by atoms with Gasteiger partial charge in [0.1, 0.15) is 6.04 Å². The van der Waals surface area contributed by atoms with Crippen LogP contribution in [-0.2, 0) is 9.59 Å². The van der Waals surface area contributed by atoms with Gasteiger partial charge in [-0.2, -0.15) is 13.2 Å². The average Bonchev–Trinajstić information content (AvgIpc) is 2.83. The van der Waals surface area contributed by atoms with Crippen molar-refractivity contribution in [1.29, 1.82) is 0 Å². The molecule has 0 bridgehead atoms. The fourth-order valence-corrected chi connectivity index (χ4v) is 3.53. The molecule has 1 aliphatic heterocycles. The molecule has 5 nitrogen and oxygen atoms in total. The summed E-state index contributed by atoms with van der Waals surface area (Å²) >= 11 is 11.9. The quantitative estimate of drug-likeness (QED) is 0.679. The zero-order valence-corrected chi connectivity index (χ0v) is 17.3.